The summed E-state index contributed by atoms with van der Waals surface area (Å²) in [5.74, 6) is -0.885. The maximum Gasteiger partial charge on any atom is 0.419 e. The molecule has 1 aromatic carbocycles. The van der Waals surface area contributed by atoms with Gasteiger partial charge in [-0.25, -0.2) is 24.9 Å². The van der Waals surface area contributed by atoms with E-state index < -0.39 is 35.1 Å². The van der Waals surface area contributed by atoms with Crippen molar-refractivity contribution in [3.8, 4) is 11.6 Å². The Balaban J connectivity index is 1.52. The molecule has 3 heterocycles. The summed E-state index contributed by atoms with van der Waals surface area (Å²) < 4.78 is 84.6. The van der Waals surface area contributed by atoms with E-state index in [0.717, 1.165) is 18.3 Å². The van der Waals surface area contributed by atoms with Gasteiger partial charge in [0.25, 0.3) is 0 Å². The Kier molecular flexibility index (Phi) is 6.18. The van der Waals surface area contributed by atoms with Crippen LogP contribution in [-0.4, -0.2) is 31.5 Å². The minimum atomic E-state index is -4.81. The zero-order valence-corrected chi connectivity index (χ0v) is 17.0. The van der Waals surface area contributed by atoms with Crippen LogP contribution in [0, 0.1) is 0 Å². The second kappa shape index (κ2) is 9.08. The topological polar surface area (TPSA) is 85.7 Å². The van der Waals surface area contributed by atoms with Crippen molar-refractivity contribution in [2.45, 2.75) is 18.8 Å². The summed E-state index contributed by atoms with van der Waals surface area (Å²) in [4.78, 5) is 19.8. The molecule has 0 aliphatic carbocycles. The molecule has 0 atom stereocenters. The van der Waals surface area contributed by atoms with Crippen LogP contribution in [0.3, 0.4) is 0 Å². The van der Waals surface area contributed by atoms with E-state index in [1.807, 2.05) is 0 Å². The molecular formula is C21H14F6N6O. The van der Waals surface area contributed by atoms with Gasteiger partial charge in [0.2, 0.25) is 5.88 Å². The highest BCUT2D eigenvalue weighted by molar-refractivity contribution is 5.81. The molecule has 0 bridgehead atoms. The van der Waals surface area contributed by atoms with E-state index >= 15 is 0 Å². The molecule has 0 fully saturated rings. The molecular weight excluding hydrogens is 466 g/mol. The van der Waals surface area contributed by atoms with Crippen LogP contribution in [0.1, 0.15) is 16.7 Å². The van der Waals surface area contributed by atoms with Crippen LogP contribution in [0.2, 0.25) is 0 Å². The molecule has 0 amide bonds. The number of pyridine rings is 1. The molecule has 0 saturated heterocycles. The maximum absolute atomic E-state index is 13.6. The van der Waals surface area contributed by atoms with Gasteiger partial charge in [0.15, 0.2) is 11.5 Å². The van der Waals surface area contributed by atoms with Crippen molar-refractivity contribution in [3.05, 3.63) is 71.9 Å². The Morgan fingerprint density at radius 3 is 2.35 bits per heavy atom. The van der Waals surface area contributed by atoms with Crippen LogP contribution in [0.15, 0.2) is 55.2 Å². The van der Waals surface area contributed by atoms with Crippen LogP contribution >= 0.6 is 0 Å². The molecule has 4 rings (SSSR count). The summed E-state index contributed by atoms with van der Waals surface area (Å²) in [6, 6.07) is 4.54. The van der Waals surface area contributed by atoms with Gasteiger partial charge in [0, 0.05) is 31.2 Å². The quantitative estimate of drug-likeness (QED) is 0.375. The minimum absolute atomic E-state index is 0.178. The number of alkyl halides is 6. The number of nitrogens with one attached hydrogen (secondary N) is 1. The number of ether oxygens (including phenoxy) is 1. The second-order valence-corrected chi connectivity index (χ2v) is 6.94. The van der Waals surface area contributed by atoms with Gasteiger partial charge in [-0.3, -0.25) is 0 Å². The number of nitrogens with zero attached hydrogens (tertiary/aromatic N) is 5. The third-order valence-electron chi connectivity index (χ3n) is 4.60. The molecule has 0 spiro atoms. The summed E-state index contributed by atoms with van der Waals surface area (Å²) in [6.07, 6.45) is -4.29. The van der Waals surface area contributed by atoms with Gasteiger partial charge in [0.1, 0.15) is 17.6 Å². The summed E-state index contributed by atoms with van der Waals surface area (Å²) in [6.45, 7) is 0.218. The predicted molar refractivity (Wildman–Crippen MR) is 108 cm³/mol. The van der Waals surface area contributed by atoms with Gasteiger partial charge in [-0.1, -0.05) is 6.07 Å². The monoisotopic (exact) mass is 480 g/mol. The first-order valence-corrected chi connectivity index (χ1v) is 9.68. The Hall–Kier alpha value is -4.03. The molecule has 0 aliphatic rings. The molecule has 0 radical (unpaired) electrons. The highest BCUT2D eigenvalue weighted by Crippen LogP contribution is 2.39. The number of hydrogen-bond acceptors (Lipinski definition) is 7. The minimum Gasteiger partial charge on any atom is -0.438 e. The Morgan fingerprint density at radius 2 is 1.59 bits per heavy atom. The summed E-state index contributed by atoms with van der Waals surface area (Å²) in [7, 11) is 0. The highest BCUT2D eigenvalue weighted by atomic mass is 19.4. The van der Waals surface area contributed by atoms with Gasteiger partial charge in [-0.05, 0) is 30.2 Å². The van der Waals surface area contributed by atoms with Crippen molar-refractivity contribution in [2.24, 2.45) is 0 Å². The van der Waals surface area contributed by atoms with Crippen LogP contribution in [0.25, 0.3) is 11.2 Å². The summed E-state index contributed by atoms with van der Waals surface area (Å²) in [5, 5.41) is 2.99. The van der Waals surface area contributed by atoms with Crippen LogP contribution in [0.5, 0.6) is 11.6 Å². The first kappa shape index (κ1) is 23.1. The second-order valence-electron chi connectivity index (χ2n) is 6.94. The fourth-order valence-corrected chi connectivity index (χ4v) is 3.05. The lowest BCUT2D eigenvalue weighted by Crippen LogP contribution is -2.11. The number of aromatic nitrogens is 5. The first-order chi connectivity index (χ1) is 16.1. The number of hydrogen-bond donors (Lipinski definition) is 1. The molecule has 4 aromatic rings. The van der Waals surface area contributed by atoms with Crippen molar-refractivity contribution < 1.29 is 31.1 Å². The molecule has 1 N–H and O–H groups in total. The van der Waals surface area contributed by atoms with Gasteiger partial charge >= 0.3 is 12.4 Å². The van der Waals surface area contributed by atoms with Gasteiger partial charge in [0.05, 0.1) is 11.1 Å². The van der Waals surface area contributed by atoms with E-state index in [2.05, 4.69) is 30.2 Å². The normalized spacial score (nSPS) is 12.1. The summed E-state index contributed by atoms with van der Waals surface area (Å²) in [5.41, 5.74) is -1.13. The zero-order valence-electron chi connectivity index (χ0n) is 17.0. The van der Waals surface area contributed by atoms with E-state index in [1.165, 1.54) is 24.8 Å². The maximum atomic E-state index is 13.6. The van der Waals surface area contributed by atoms with Crippen molar-refractivity contribution in [3.63, 3.8) is 0 Å². The molecule has 13 heteroatoms. The molecule has 0 aliphatic heterocycles. The molecule has 176 valence electrons. The predicted octanol–water partition coefficient (Wildman–Crippen LogP) is 5.30. The summed E-state index contributed by atoms with van der Waals surface area (Å²) >= 11 is 0. The molecule has 0 saturated carbocycles. The van der Waals surface area contributed by atoms with Crippen LogP contribution in [-0.2, 0) is 18.8 Å². The molecule has 0 unspecified atom stereocenters. The molecule has 3 aromatic heterocycles. The standard InChI is InChI=1S/C21H14F6N6O/c22-20(23,24)13-4-6-28-16(10-13)34-15-2-1-12(9-14(15)21(25,26)27)3-5-30-18-17-19(33-11-32-18)31-8-7-29-17/h1-2,4,6-11H,3,5H2,(H,30,31,32,33). The first-order valence-electron chi connectivity index (χ1n) is 9.68. The lowest BCUT2D eigenvalue weighted by Gasteiger charge is -2.16. The number of anilines is 1. The van der Waals surface area contributed by atoms with E-state index in [0.29, 0.717) is 34.7 Å². The number of fused-ring (bicyclic) bond motifs is 1. The molecule has 7 nitrogen and oxygen atoms in total. The Morgan fingerprint density at radius 1 is 0.794 bits per heavy atom. The number of halogens is 6. The van der Waals surface area contributed by atoms with Crippen molar-refractivity contribution in [1.82, 2.24) is 24.9 Å². The van der Waals surface area contributed by atoms with Crippen molar-refractivity contribution in [2.75, 3.05) is 11.9 Å². The number of rotatable bonds is 6. The third-order valence-corrected chi connectivity index (χ3v) is 4.60. The van der Waals surface area contributed by atoms with Crippen LogP contribution in [0.4, 0.5) is 32.2 Å². The average Bonchev–Trinajstić information content (AvgIpc) is 2.79. The lowest BCUT2D eigenvalue weighted by molar-refractivity contribution is -0.139. The lowest BCUT2D eigenvalue weighted by atomic mass is 10.1. The van der Waals surface area contributed by atoms with E-state index in [4.69, 9.17) is 4.74 Å². The fourth-order valence-electron chi connectivity index (χ4n) is 3.05. The van der Waals surface area contributed by atoms with E-state index in [9.17, 15) is 26.3 Å². The zero-order chi connectivity index (χ0) is 24.3. The third kappa shape index (κ3) is 5.30. The van der Waals surface area contributed by atoms with Crippen LogP contribution < -0.4 is 10.1 Å². The van der Waals surface area contributed by atoms with Gasteiger partial charge in [-0.15, -0.1) is 0 Å². The van der Waals surface area contributed by atoms with Gasteiger partial charge < -0.3 is 10.1 Å². The van der Waals surface area contributed by atoms with Gasteiger partial charge in [-0.2, -0.15) is 26.3 Å². The molecule has 34 heavy (non-hydrogen) atoms. The smallest absolute Gasteiger partial charge is 0.419 e. The number of benzene rings is 1. The van der Waals surface area contributed by atoms with E-state index in [1.54, 1.807) is 0 Å². The fraction of sp³-hybridized carbons (Fsp3) is 0.190. The van der Waals surface area contributed by atoms with Crippen molar-refractivity contribution in [1.29, 1.82) is 0 Å². The largest absolute Gasteiger partial charge is 0.438 e. The average molecular weight is 480 g/mol. The van der Waals surface area contributed by atoms with Crippen molar-refractivity contribution >= 4 is 17.0 Å². The Labute approximate surface area is 187 Å². The van der Waals surface area contributed by atoms with E-state index in [-0.39, 0.29) is 13.0 Å². The SMILES string of the molecule is FC(F)(F)c1ccnc(Oc2ccc(CCNc3ncnc4nccnc34)cc2C(F)(F)F)c1. The Bertz CT molecular complexity index is 1310. The highest BCUT2D eigenvalue weighted by Gasteiger charge is 2.35.